The van der Waals surface area contributed by atoms with E-state index in [9.17, 15) is 34.2 Å². The van der Waals surface area contributed by atoms with Crippen LogP contribution in [0.4, 0.5) is 0 Å². The molecule has 2 N–H and O–H groups in total. The Morgan fingerprint density at radius 2 is 1.63 bits per heavy atom. The Bertz CT molecular complexity index is 1720. The molecule has 0 radical (unpaired) electrons. The molecule has 3 saturated heterocycles. The number of aldehydes is 1. The van der Waals surface area contributed by atoms with Crippen LogP contribution in [0, 0.1) is 11.8 Å². The number of hydrogen-bond acceptors (Lipinski definition) is 18. The van der Waals surface area contributed by atoms with Crippen molar-refractivity contribution in [3.05, 3.63) is 35.9 Å². The molecule has 1 aromatic rings. The maximum Gasteiger partial charge on any atom is 0.309 e. The van der Waals surface area contributed by atoms with Crippen molar-refractivity contribution >= 4 is 30.2 Å². The second kappa shape index (κ2) is 27.7. The summed E-state index contributed by atoms with van der Waals surface area (Å²) in [5.41, 5.74) is -0.0635. The molecule has 0 spiro atoms. The number of benzene rings is 1. The summed E-state index contributed by atoms with van der Waals surface area (Å²) in [5.74, 6) is -3.37. The number of unbranched alkanes of at least 4 members (excludes halogenated alkanes) is 1. The van der Waals surface area contributed by atoms with Crippen LogP contribution in [0.2, 0.25) is 0 Å². The lowest BCUT2D eigenvalue weighted by Crippen LogP contribution is -2.66. The molecule has 3 fully saturated rings. The fourth-order valence-electron chi connectivity index (χ4n) is 9.79. The summed E-state index contributed by atoms with van der Waals surface area (Å²) >= 11 is 0. The lowest BCUT2D eigenvalue weighted by molar-refractivity contribution is -0.344. The highest BCUT2D eigenvalue weighted by Crippen LogP contribution is 2.39. The van der Waals surface area contributed by atoms with E-state index >= 15 is 0 Å². The maximum absolute atomic E-state index is 13.5. The van der Waals surface area contributed by atoms with Crippen LogP contribution in [0.3, 0.4) is 0 Å². The van der Waals surface area contributed by atoms with Crippen LogP contribution < -0.4 is 0 Å². The van der Waals surface area contributed by atoms with Gasteiger partial charge in [-0.2, -0.15) is 0 Å². The summed E-state index contributed by atoms with van der Waals surface area (Å²) in [5, 5.41) is 24.1. The van der Waals surface area contributed by atoms with E-state index in [0.717, 1.165) is 25.5 Å². The van der Waals surface area contributed by atoms with Crippen molar-refractivity contribution in [2.45, 2.75) is 192 Å². The summed E-state index contributed by atoms with van der Waals surface area (Å²) in [4.78, 5) is 67.8. The van der Waals surface area contributed by atoms with E-state index in [-0.39, 0.29) is 51.0 Å². The van der Waals surface area contributed by atoms with Gasteiger partial charge in [0.1, 0.15) is 30.7 Å². The van der Waals surface area contributed by atoms with Crippen molar-refractivity contribution in [2.24, 2.45) is 11.8 Å². The van der Waals surface area contributed by atoms with Gasteiger partial charge in [0.25, 0.3) is 0 Å². The number of nitrogens with zero attached hydrogens (tertiary/aromatic N) is 2. The molecule has 15 atom stereocenters. The van der Waals surface area contributed by atoms with Crippen LogP contribution in [0.25, 0.3) is 0 Å². The quantitative estimate of drug-likeness (QED) is 0.0914. The average molecular weight is 965 g/mol. The van der Waals surface area contributed by atoms with Crippen molar-refractivity contribution < 1.29 is 76.8 Å². The van der Waals surface area contributed by atoms with Gasteiger partial charge in [0.2, 0.25) is 0 Å². The Balaban J connectivity index is 1.64. The Hall–Kier alpha value is -3.59. The van der Waals surface area contributed by atoms with E-state index in [1.165, 1.54) is 19.6 Å². The molecule has 3 aliphatic heterocycles. The zero-order valence-electron chi connectivity index (χ0n) is 42.0. The standard InChI is InChI=1S/C50H80N2O16/c1-11-39(56)64-38-28-41(58)61-26-18-24-52(23-17-16-21-35-19-14-13-15-20-35)30-37(55)31(3)27-36(22-25-53)46(47(38)60-10)67-49-44(59)43(51(8)9)45(32(4)63-49)66-42-29-50(7,68-34(6)54)48(33(5)62-42)65-40(57)12-2/h13-15,19-20,25,31-33,36-38,42-49,55,59H,11-12,16-18,21-24,26-30H2,1-10H3/t31-,32?,33?,36+,37+,38-,42+,43?,44?,45+,46+,47+,48+,49+,50?/m1/s1. The van der Waals surface area contributed by atoms with Crippen molar-refractivity contribution in [2.75, 3.05) is 47.4 Å². The Morgan fingerprint density at radius 3 is 2.26 bits per heavy atom. The van der Waals surface area contributed by atoms with Crippen LogP contribution in [-0.4, -0.2) is 177 Å². The van der Waals surface area contributed by atoms with E-state index in [4.69, 9.17) is 42.6 Å². The molecular weight excluding hydrogens is 885 g/mol. The van der Waals surface area contributed by atoms with Gasteiger partial charge in [0.05, 0.1) is 43.5 Å². The van der Waals surface area contributed by atoms with Gasteiger partial charge < -0.3 is 67.4 Å². The Labute approximate surface area is 402 Å². The molecule has 3 aliphatic rings. The number of ether oxygens (including phenoxy) is 9. The molecule has 5 unspecified atom stereocenters. The Kier molecular flexibility index (Phi) is 23.2. The number of rotatable bonds is 18. The summed E-state index contributed by atoms with van der Waals surface area (Å²) < 4.78 is 55.3. The lowest BCUT2D eigenvalue weighted by Gasteiger charge is -2.50. The molecule has 0 bridgehead atoms. The van der Waals surface area contributed by atoms with E-state index in [1.54, 1.807) is 53.6 Å². The molecule has 0 saturated carbocycles. The summed E-state index contributed by atoms with van der Waals surface area (Å²) in [6, 6.07) is 9.45. The smallest absolute Gasteiger partial charge is 0.309 e. The van der Waals surface area contributed by atoms with E-state index < -0.39 is 109 Å². The number of aliphatic hydroxyl groups excluding tert-OH is 2. The van der Waals surface area contributed by atoms with E-state index in [0.29, 0.717) is 26.1 Å². The normalized spacial score (nSPS) is 34.8. The highest BCUT2D eigenvalue weighted by atomic mass is 16.7. The van der Waals surface area contributed by atoms with Gasteiger partial charge in [-0.3, -0.25) is 19.2 Å². The highest BCUT2D eigenvalue weighted by Gasteiger charge is 2.54. The minimum atomic E-state index is -1.42. The molecule has 0 amide bonds. The fraction of sp³-hybridized carbons (Fsp3) is 0.780. The van der Waals surface area contributed by atoms with Gasteiger partial charge >= 0.3 is 23.9 Å². The third-order valence-corrected chi connectivity index (χ3v) is 13.3. The number of esters is 4. The largest absolute Gasteiger partial charge is 0.466 e. The van der Waals surface area contributed by atoms with Crippen LogP contribution in [0.15, 0.2) is 30.3 Å². The SMILES string of the molecule is CCC(=O)O[C@@H]1CC(=O)OCCCN(CCCCc2ccccc2)C[C@H](O)[C@H](C)C[C@H](CC=O)[C@H](O[C@@H]2OC(C)[C@H](O[C@H]3CC(C)(OC(C)=O)[C@@H](OC(=O)CC)C(C)O3)C(N(C)C)C2O)[C@H]1OC. The molecule has 0 aromatic heterocycles. The van der Waals surface area contributed by atoms with Crippen LogP contribution in [0.1, 0.15) is 112 Å². The second-order valence-electron chi connectivity index (χ2n) is 19.0. The molecule has 68 heavy (non-hydrogen) atoms. The van der Waals surface area contributed by atoms with Crippen LogP contribution >= 0.6 is 0 Å². The predicted octanol–water partition coefficient (Wildman–Crippen LogP) is 4.16. The number of β-amino-alcohol motifs (C(OH)–C–C–N with tert-alkyl or cyclic N) is 1. The number of aliphatic hydroxyl groups is 2. The zero-order valence-corrected chi connectivity index (χ0v) is 42.0. The monoisotopic (exact) mass is 965 g/mol. The number of cyclic esters (lactones) is 1. The molecule has 1 aromatic carbocycles. The van der Waals surface area contributed by atoms with Gasteiger partial charge in [-0.05, 0) is 90.9 Å². The molecule has 386 valence electrons. The highest BCUT2D eigenvalue weighted by molar-refractivity contribution is 5.72. The lowest BCUT2D eigenvalue weighted by atomic mass is 9.82. The number of carbonyl (C=O) groups excluding carboxylic acids is 5. The summed E-state index contributed by atoms with van der Waals surface area (Å²) in [7, 11) is 4.90. The van der Waals surface area contributed by atoms with Gasteiger partial charge in [0, 0.05) is 52.8 Å². The molecule has 4 rings (SSSR count). The zero-order chi connectivity index (χ0) is 50.1. The first-order chi connectivity index (χ1) is 32.3. The minimum Gasteiger partial charge on any atom is -0.466 e. The topological polar surface area (TPSA) is 215 Å². The average Bonchev–Trinajstić information content (AvgIpc) is 3.28. The van der Waals surface area contributed by atoms with Crippen molar-refractivity contribution in [3.63, 3.8) is 0 Å². The molecular formula is C50H80N2O16. The van der Waals surface area contributed by atoms with E-state index in [2.05, 4.69) is 17.0 Å². The third kappa shape index (κ3) is 16.5. The number of hydrogen-bond donors (Lipinski definition) is 2. The van der Waals surface area contributed by atoms with Gasteiger partial charge in [-0.25, -0.2) is 0 Å². The first kappa shape index (κ1) is 57.0. The first-order valence-corrected chi connectivity index (χ1v) is 24.5. The molecule has 18 heteroatoms. The summed E-state index contributed by atoms with van der Waals surface area (Å²) in [6.45, 7) is 13.3. The van der Waals surface area contributed by atoms with E-state index in [1.807, 2.05) is 25.1 Å². The van der Waals surface area contributed by atoms with Gasteiger partial charge in [-0.1, -0.05) is 51.1 Å². The van der Waals surface area contributed by atoms with Crippen LogP contribution in [-0.2, 0) is 73.0 Å². The van der Waals surface area contributed by atoms with Crippen LogP contribution in [0.5, 0.6) is 0 Å². The number of methoxy groups -OCH3 is 1. The Morgan fingerprint density at radius 1 is 0.941 bits per heavy atom. The first-order valence-electron chi connectivity index (χ1n) is 24.5. The third-order valence-electron chi connectivity index (χ3n) is 13.3. The predicted molar refractivity (Wildman–Crippen MR) is 248 cm³/mol. The van der Waals surface area contributed by atoms with Gasteiger partial charge in [-0.15, -0.1) is 0 Å². The molecule has 18 nitrogen and oxygen atoms in total. The number of carbonyl (C=O) groups is 5. The summed E-state index contributed by atoms with van der Waals surface area (Å²) in [6.07, 6.45) is -7.62. The van der Waals surface area contributed by atoms with Crippen molar-refractivity contribution in [1.29, 1.82) is 0 Å². The number of aryl methyl sites for hydroxylation is 1. The van der Waals surface area contributed by atoms with Gasteiger partial charge in [0.15, 0.2) is 24.3 Å². The second-order valence-corrected chi connectivity index (χ2v) is 19.0. The maximum atomic E-state index is 13.5. The van der Waals surface area contributed by atoms with Crippen molar-refractivity contribution in [1.82, 2.24) is 9.80 Å². The minimum absolute atomic E-state index is 0.00237. The molecule has 3 heterocycles. The fourth-order valence-corrected chi connectivity index (χ4v) is 9.79. The molecule has 0 aliphatic carbocycles. The van der Waals surface area contributed by atoms with Crippen molar-refractivity contribution in [3.8, 4) is 0 Å². The number of likely N-dealkylation sites (N-methyl/N-ethyl adjacent to an activating group) is 1.